The molecule has 142 valence electrons. The molecule has 0 aliphatic carbocycles. The highest BCUT2D eigenvalue weighted by Gasteiger charge is 2.11. The van der Waals surface area contributed by atoms with Gasteiger partial charge in [-0.15, -0.1) is 0 Å². The van der Waals surface area contributed by atoms with Crippen LogP contribution < -0.4 is 10.6 Å². The van der Waals surface area contributed by atoms with Crippen LogP contribution in [0, 0.1) is 0 Å². The molecule has 0 saturated carbocycles. The van der Waals surface area contributed by atoms with E-state index in [9.17, 15) is 0 Å². The van der Waals surface area contributed by atoms with Gasteiger partial charge in [0.15, 0.2) is 0 Å². The van der Waals surface area contributed by atoms with Crippen LogP contribution in [0.3, 0.4) is 0 Å². The van der Waals surface area contributed by atoms with Gasteiger partial charge in [-0.3, -0.25) is 9.98 Å². The monoisotopic (exact) mass is 370 g/mol. The molecular weight excluding hydrogens is 344 g/mol. The third-order valence-corrected chi connectivity index (χ3v) is 3.91. The van der Waals surface area contributed by atoms with Crippen molar-refractivity contribution < 1.29 is 0 Å². The third kappa shape index (κ3) is 5.30. The molecular formula is C24H26N4. The largest absolute Gasteiger partial charge is 0.354 e. The average Bonchev–Trinajstić information content (AvgIpc) is 2.66. The van der Waals surface area contributed by atoms with Gasteiger partial charge in [0.2, 0.25) is 0 Å². The van der Waals surface area contributed by atoms with Crippen LogP contribution in [0.15, 0.2) is 82.8 Å². The normalized spacial score (nSPS) is 10.1. The van der Waals surface area contributed by atoms with Gasteiger partial charge in [-0.05, 0) is 64.1 Å². The summed E-state index contributed by atoms with van der Waals surface area (Å²) in [4.78, 5) is 9.46. The summed E-state index contributed by atoms with van der Waals surface area (Å²) in [5, 5.41) is 6.98. The van der Waals surface area contributed by atoms with E-state index in [-0.39, 0.29) is 0 Å². The first-order chi connectivity index (χ1) is 13.5. The molecule has 0 aliphatic rings. The highest BCUT2D eigenvalue weighted by atomic mass is 15.0. The van der Waals surface area contributed by atoms with E-state index in [0.29, 0.717) is 0 Å². The molecule has 0 bridgehead atoms. The molecule has 0 radical (unpaired) electrons. The molecule has 3 aromatic rings. The second-order valence-corrected chi connectivity index (χ2v) is 6.99. The summed E-state index contributed by atoms with van der Waals surface area (Å²) in [5.74, 6) is 0. The molecule has 0 heterocycles. The maximum atomic E-state index is 4.73. The summed E-state index contributed by atoms with van der Waals surface area (Å²) < 4.78 is 0. The predicted octanol–water partition coefficient (Wildman–Crippen LogP) is 7.40. The summed E-state index contributed by atoms with van der Waals surface area (Å²) in [7, 11) is 0. The smallest absolute Gasteiger partial charge is 0.0886 e. The van der Waals surface area contributed by atoms with Crippen LogP contribution in [0.5, 0.6) is 0 Å². The standard InChI is InChI=1S/C24H26N4/c1-17(2)25-21-15-22(26-18(3)4)24(28-20-13-9-6-10-14-20)16-23(21)27-19-11-7-5-8-12-19/h5-16,27-28H,1-4H3. The number of hydrogen-bond donors (Lipinski definition) is 2. The van der Waals surface area contributed by atoms with Crippen LogP contribution in [0.2, 0.25) is 0 Å². The van der Waals surface area contributed by atoms with E-state index in [1.165, 1.54) is 0 Å². The summed E-state index contributed by atoms with van der Waals surface area (Å²) >= 11 is 0. The van der Waals surface area contributed by atoms with Crippen molar-refractivity contribution in [1.82, 2.24) is 0 Å². The van der Waals surface area contributed by atoms with Crippen molar-refractivity contribution in [2.24, 2.45) is 9.98 Å². The van der Waals surface area contributed by atoms with Gasteiger partial charge in [0.1, 0.15) is 0 Å². The summed E-state index contributed by atoms with van der Waals surface area (Å²) in [5.41, 5.74) is 7.59. The van der Waals surface area contributed by atoms with Crippen molar-refractivity contribution in [2.75, 3.05) is 10.6 Å². The van der Waals surface area contributed by atoms with Crippen molar-refractivity contribution in [3.63, 3.8) is 0 Å². The van der Waals surface area contributed by atoms with Crippen LogP contribution in [0.25, 0.3) is 0 Å². The molecule has 3 aromatic carbocycles. The fraction of sp³-hybridized carbons (Fsp3) is 0.167. The zero-order valence-electron chi connectivity index (χ0n) is 16.8. The van der Waals surface area contributed by atoms with Gasteiger partial charge in [0.05, 0.1) is 22.7 Å². The number of para-hydroxylation sites is 2. The molecule has 0 saturated heterocycles. The molecule has 0 aromatic heterocycles. The Morgan fingerprint density at radius 3 is 1.32 bits per heavy atom. The van der Waals surface area contributed by atoms with Crippen LogP contribution in [0.4, 0.5) is 34.1 Å². The zero-order valence-corrected chi connectivity index (χ0v) is 16.8. The first-order valence-electron chi connectivity index (χ1n) is 9.37. The Kier molecular flexibility index (Phi) is 6.22. The number of benzene rings is 3. The van der Waals surface area contributed by atoms with Crippen LogP contribution in [-0.4, -0.2) is 11.4 Å². The van der Waals surface area contributed by atoms with E-state index >= 15 is 0 Å². The number of nitrogens with zero attached hydrogens (tertiary/aromatic N) is 2. The van der Waals surface area contributed by atoms with Gasteiger partial charge in [-0.1, -0.05) is 36.4 Å². The Balaban J connectivity index is 2.11. The lowest BCUT2D eigenvalue weighted by Crippen LogP contribution is -1.96. The fourth-order valence-corrected chi connectivity index (χ4v) is 2.80. The minimum atomic E-state index is 0.863. The minimum Gasteiger partial charge on any atom is -0.354 e. The quantitative estimate of drug-likeness (QED) is 0.444. The van der Waals surface area contributed by atoms with E-state index < -0.39 is 0 Å². The Labute approximate surface area is 167 Å². The van der Waals surface area contributed by atoms with E-state index in [0.717, 1.165) is 45.5 Å². The summed E-state index contributed by atoms with van der Waals surface area (Å²) in [6, 6.07) is 24.3. The number of hydrogen-bond acceptors (Lipinski definition) is 4. The lowest BCUT2D eigenvalue weighted by Gasteiger charge is -2.16. The SMILES string of the molecule is CC(C)=Nc1cc(N=C(C)C)c(Nc2ccccc2)cc1Nc1ccccc1. The van der Waals surface area contributed by atoms with Gasteiger partial charge in [0, 0.05) is 22.8 Å². The van der Waals surface area contributed by atoms with Crippen molar-refractivity contribution in [2.45, 2.75) is 27.7 Å². The molecule has 4 heteroatoms. The van der Waals surface area contributed by atoms with Gasteiger partial charge in [-0.2, -0.15) is 0 Å². The zero-order chi connectivity index (χ0) is 19.9. The van der Waals surface area contributed by atoms with Crippen molar-refractivity contribution in [1.29, 1.82) is 0 Å². The molecule has 0 amide bonds. The maximum Gasteiger partial charge on any atom is 0.0886 e. The number of rotatable bonds is 6. The summed E-state index contributed by atoms with van der Waals surface area (Å²) in [6.07, 6.45) is 0. The van der Waals surface area contributed by atoms with Crippen molar-refractivity contribution >= 4 is 45.5 Å². The molecule has 0 aliphatic heterocycles. The first kappa shape index (κ1) is 19.4. The highest BCUT2D eigenvalue weighted by Crippen LogP contribution is 2.39. The maximum absolute atomic E-state index is 4.73. The average molecular weight is 371 g/mol. The Hall–Kier alpha value is -3.40. The Morgan fingerprint density at radius 1 is 0.571 bits per heavy atom. The second-order valence-electron chi connectivity index (χ2n) is 6.99. The molecule has 28 heavy (non-hydrogen) atoms. The molecule has 4 nitrogen and oxygen atoms in total. The molecule has 0 fully saturated rings. The number of aliphatic imine (C=N–C) groups is 2. The molecule has 3 rings (SSSR count). The Bertz CT molecular complexity index is 903. The molecule has 0 unspecified atom stereocenters. The lowest BCUT2D eigenvalue weighted by atomic mass is 10.1. The van der Waals surface area contributed by atoms with Crippen LogP contribution in [-0.2, 0) is 0 Å². The van der Waals surface area contributed by atoms with Gasteiger partial charge >= 0.3 is 0 Å². The van der Waals surface area contributed by atoms with Crippen LogP contribution >= 0.6 is 0 Å². The summed E-state index contributed by atoms with van der Waals surface area (Å²) in [6.45, 7) is 7.99. The van der Waals surface area contributed by atoms with E-state index in [2.05, 4.69) is 16.7 Å². The van der Waals surface area contributed by atoms with Crippen molar-refractivity contribution in [3.8, 4) is 0 Å². The van der Waals surface area contributed by atoms with E-state index in [1.54, 1.807) is 0 Å². The number of anilines is 4. The van der Waals surface area contributed by atoms with Gasteiger partial charge < -0.3 is 10.6 Å². The van der Waals surface area contributed by atoms with Crippen molar-refractivity contribution in [3.05, 3.63) is 72.8 Å². The topological polar surface area (TPSA) is 48.8 Å². The van der Waals surface area contributed by atoms with E-state index in [1.807, 2.05) is 94.4 Å². The van der Waals surface area contributed by atoms with Gasteiger partial charge in [-0.25, -0.2) is 0 Å². The predicted molar refractivity (Wildman–Crippen MR) is 123 cm³/mol. The second kappa shape index (κ2) is 9.00. The molecule has 0 atom stereocenters. The fourth-order valence-electron chi connectivity index (χ4n) is 2.80. The lowest BCUT2D eigenvalue weighted by molar-refractivity contribution is 1.40. The molecule has 0 spiro atoms. The number of nitrogens with one attached hydrogen (secondary N) is 2. The van der Waals surface area contributed by atoms with E-state index in [4.69, 9.17) is 9.98 Å². The van der Waals surface area contributed by atoms with Gasteiger partial charge in [0.25, 0.3) is 0 Å². The molecule has 2 N–H and O–H groups in total. The highest BCUT2D eigenvalue weighted by molar-refractivity contribution is 5.92. The Morgan fingerprint density at radius 2 is 0.964 bits per heavy atom. The first-order valence-corrected chi connectivity index (χ1v) is 9.37. The third-order valence-electron chi connectivity index (χ3n) is 3.91. The van der Waals surface area contributed by atoms with Crippen LogP contribution in [0.1, 0.15) is 27.7 Å². The minimum absolute atomic E-state index is 0.863.